The Hall–Kier alpha value is -4.40. The number of aliphatic imine (C=N–C) groups is 1. The van der Waals surface area contributed by atoms with Crippen molar-refractivity contribution in [3.8, 4) is 0 Å². The van der Waals surface area contributed by atoms with Gasteiger partial charge >= 0.3 is 0 Å². The first-order valence-corrected chi connectivity index (χ1v) is 15.0. The molecule has 3 atom stereocenters. The molecule has 1 aliphatic heterocycles. The Balaban J connectivity index is 1.55. The molecule has 3 amide bonds. The van der Waals surface area contributed by atoms with Crippen LogP contribution >= 0.6 is 0 Å². The fraction of sp³-hybridized carbons (Fsp3) is 0.412. The van der Waals surface area contributed by atoms with Gasteiger partial charge in [-0.15, -0.1) is 0 Å². The van der Waals surface area contributed by atoms with E-state index >= 15 is 0 Å². The number of carbonyl (C=O) groups excluding carboxylic acids is 3. The summed E-state index contributed by atoms with van der Waals surface area (Å²) in [5, 5.41) is 5.13. The highest BCUT2D eigenvalue weighted by atomic mass is 16.2. The van der Waals surface area contributed by atoms with Gasteiger partial charge in [-0.3, -0.25) is 19.4 Å². The Morgan fingerprint density at radius 3 is 2.42 bits per heavy atom. The second-order valence-electron chi connectivity index (χ2n) is 11.7. The number of hydrogen-bond donors (Lipinski definition) is 3. The summed E-state index contributed by atoms with van der Waals surface area (Å²) >= 11 is 0. The molecular weight excluding hydrogens is 540 g/mol. The molecule has 9 heteroatoms. The molecule has 0 bridgehead atoms. The van der Waals surface area contributed by atoms with E-state index < -0.39 is 6.04 Å². The van der Waals surface area contributed by atoms with Crippen LogP contribution in [0.5, 0.6) is 0 Å². The quantitative estimate of drug-likeness (QED) is 0.191. The molecule has 43 heavy (non-hydrogen) atoms. The summed E-state index contributed by atoms with van der Waals surface area (Å²) in [6, 6.07) is 19.2. The molecule has 5 N–H and O–H groups in total. The summed E-state index contributed by atoms with van der Waals surface area (Å²) in [4.78, 5) is 47.9. The van der Waals surface area contributed by atoms with E-state index in [0.29, 0.717) is 38.9 Å². The van der Waals surface area contributed by atoms with Crippen molar-refractivity contribution >= 4 is 34.5 Å². The third kappa shape index (κ3) is 8.34. The van der Waals surface area contributed by atoms with Crippen LogP contribution in [0.1, 0.15) is 48.9 Å². The molecule has 0 saturated carbocycles. The fourth-order valence-corrected chi connectivity index (χ4v) is 6.00. The molecule has 1 fully saturated rings. The van der Waals surface area contributed by atoms with Gasteiger partial charge in [-0.2, -0.15) is 0 Å². The van der Waals surface area contributed by atoms with Crippen LogP contribution in [0.2, 0.25) is 0 Å². The number of nitrogens with two attached hydrogens (primary N) is 2. The van der Waals surface area contributed by atoms with Crippen molar-refractivity contribution in [3.63, 3.8) is 0 Å². The highest BCUT2D eigenvalue weighted by Gasteiger charge is 2.39. The van der Waals surface area contributed by atoms with Crippen LogP contribution in [0.25, 0.3) is 10.8 Å². The number of nitrogens with one attached hydrogen (secondary N) is 1. The van der Waals surface area contributed by atoms with Crippen molar-refractivity contribution in [3.05, 3.63) is 82.9 Å². The van der Waals surface area contributed by atoms with Gasteiger partial charge in [-0.1, -0.05) is 66.2 Å². The van der Waals surface area contributed by atoms with Crippen LogP contribution in [0.4, 0.5) is 0 Å². The zero-order valence-corrected chi connectivity index (χ0v) is 25.7. The van der Waals surface area contributed by atoms with Crippen molar-refractivity contribution < 1.29 is 14.4 Å². The highest BCUT2D eigenvalue weighted by Crippen LogP contribution is 2.24. The van der Waals surface area contributed by atoms with Gasteiger partial charge in [0, 0.05) is 45.1 Å². The Bertz CT molecular complexity index is 1500. The van der Waals surface area contributed by atoms with Crippen molar-refractivity contribution in [2.24, 2.45) is 16.5 Å². The smallest absolute Gasteiger partial charge is 0.245 e. The van der Waals surface area contributed by atoms with Crippen LogP contribution < -0.4 is 16.8 Å². The van der Waals surface area contributed by atoms with Gasteiger partial charge in [0.2, 0.25) is 17.7 Å². The Labute approximate surface area is 254 Å². The maximum atomic E-state index is 14.1. The monoisotopic (exact) mass is 584 g/mol. The number of nitrogens with zero attached hydrogens (tertiary/aromatic N) is 3. The van der Waals surface area contributed by atoms with E-state index in [2.05, 4.69) is 28.5 Å². The molecule has 0 radical (unpaired) electrons. The van der Waals surface area contributed by atoms with Gasteiger partial charge in [-0.05, 0) is 61.1 Å². The van der Waals surface area contributed by atoms with Gasteiger partial charge in [-0.25, -0.2) is 0 Å². The molecule has 2 unspecified atom stereocenters. The first-order valence-electron chi connectivity index (χ1n) is 15.0. The molecule has 0 spiro atoms. The number of guanidine groups is 1. The lowest BCUT2D eigenvalue weighted by Gasteiger charge is -2.46. The minimum atomic E-state index is -0.717. The molecule has 3 aromatic carbocycles. The molecule has 9 nitrogen and oxygen atoms in total. The van der Waals surface area contributed by atoms with Gasteiger partial charge in [0.1, 0.15) is 6.04 Å². The number of rotatable bonds is 10. The molecule has 228 valence electrons. The summed E-state index contributed by atoms with van der Waals surface area (Å²) < 4.78 is 0. The average Bonchev–Trinajstić information content (AvgIpc) is 2.95. The minimum absolute atomic E-state index is 0.0246. The zero-order valence-electron chi connectivity index (χ0n) is 25.7. The molecule has 1 saturated heterocycles. The lowest BCUT2D eigenvalue weighted by atomic mass is 9.96. The summed E-state index contributed by atoms with van der Waals surface area (Å²) in [6.07, 6.45) is 1.94. The Kier molecular flexibility index (Phi) is 10.4. The fourth-order valence-electron chi connectivity index (χ4n) is 6.00. The van der Waals surface area contributed by atoms with Crippen molar-refractivity contribution in [2.45, 2.75) is 71.5 Å². The van der Waals surface area contributed by atoms with E-state index in [1.54, 1.807) is 0 Å². The predicted octanol–water partition coefficient (Wildman–Crippen LogP) is 3.23. The number of carbonyl (C=O) groups is 3. The number of amides is 3. The van der Waals surface area contributed by atoms with E-state index in [9.17, 15) is 14.4 Å². The van der Waals surface area contributed by atoms with Gasteiger partial charge < -0.3 is 26.6 Å². The molecule has 0 aromatic heterocycles. The number of fused-ring (bicyclic) bond motifs is 1. The number of piperazine rings is 1. The van der Waals surface area contributed by atoms with Gasteiger partial charge in [0.05, 0.1) is 6.42 Å². The minimum Gasteiger partial charge on any atom is -0.370 e. The van der Waals surface area contributed by atoms with E-state index in [1.807, 2.05) is 73.0 Å². The first kappa shape index (κ1) is 31.5. The Morgan fingerprint density at radius 2 is 1.72 bits per heavy atom. The van der Waals surface area contributed by atoms with E-state index in [-0.39, 0.29) is 42.2 Å². The normalized spacial score (nSPS) is 17.4. The van der Waals surface area contributed by atoms with Crippen LogP contribution in [-0.4, -0.2) is 71.2 Å². The number of hydrogen-bond acceptors (Lipinski definition) is 4. The second kappa shape index (κ2) is 14.2. The van der Waals surface area contributed by atoms with Gasteiger partial charge in [0.25, 0.3) is 0 Å². The van der Waals surface area contributed by atoms with Crippen LogP contribution in [0, 0.1) is 13.8 Å². The summed E-state index contributed by atoms with van der Waals surface area (Å²) in [5.74, 6) is -0.352. The maximum absolute atomic E-state index is 14.1. The molecule has 0 aliphatic carbocycles. The average molecular weight is 585 g/mol. The molecule has 1 aliphatic rings. The molecule has 1 heterocycles. The van der Waals surface area contributed by atoms with Gasteiger partial charge in [0.15, 0.2) is 5.96 Å². The lowest BCUT2D eigenvalue weighted by Crippen LogP contribution is -2.63. The maximum Gasteiger partial charge on any atom is 0.245 e. The summed E-state index contributed by atoms with van der Waals surface area (Å²) in [7, 11) is 0. The first-order chi connectivity index (χ1) is 20.5. The molecule has 4 rings (SSSR count). The van der Waals surface area contributed by atoms with Crippen molar-refractivity contribution in [1.82, 2.24) is 15.1 Å². The topological polar surface area (TPSA) is 134 Å². The standard InChI is InChI=1S/C34H44N6O3/c1-22-11-13-28(23(2)16-22)19-31(38-25(4)41)33(43)40-20-24(3)39(21-30(40)10-7-15-37-34(35)36)32(42)18-26-12-14-27-8-5-6-9-29(27)17-26/h5-6,8-9,11-14,16-17,24,30-31H,7,10,15,18-21H2,1-4H3,(H,38,41)(H4,35,36,37)/t24?,30?,31-/m1/s1. The third-order valence-corrected chi connectivity index (χ3v) is 8.20. The van der Waals surface area contributed by atoms with E-state index in [0.717, 1.165) is 33.0 Å². The zero-order chi connectivity index (χ0) is 31.1. The van der Waals surface area contributed by atoms with E-state index in [1.165, 1.54) is 6.92 Å². The number of aryl methyl sites for hydroxylation is 2. The number of benzene rings is 3. The summed E-state index contributed by atoms with van der Waals surface area (Å²) in [6.45, 7) is 8.66. The van der Waals surface area contributed by atoms with Crippen LogP contribution in [-0.2, 0) is 27.2 Å². The third-order valence-electron chi connectivity index (χ3n) is 8.20. The summed E-state index contributed by atoms with van der Waals surface area (Å²) in [5.41, 5.74) is 15.2. The largest absolute Gasteiger partial charge is 0.370 e. The van der Waals surface area contributed by atoms with Crippen LogP contribution in [0.15, 0.2) is 65.7 Å². The highest BCUT2D eigenvalue weighted by molar-refractivity contribution is 5.88. The predicted molar refractivity (Wildman–Crippen MR) is 171 cm³/mol. The van der Waals surface area contributed by atoms with Crippen molar-refractivity contribution in [1.29, 1.82) is 0 Å². The Morgan fingerprint density at radius 1 is 0.977 bits per heavy atom. The van der Waals surface area contributed by atoms with Crippen LogP contribution in [0.3, 0.4) is 0 Å². The van der Waals surface area contributed by atoms with Crippen molar-refractivity contribution in [2.75, 3.05) is 19.6 Å². The SMILES string of the molecule is CC(=O)N[C@H](Cc1ccc(C)cc1C)C(=O)N1CC(C)N(C(=O)Cc2ccc3ccccc3c2)CC1CCCN=C(N)N. The second-order valence-corrected chi connectivity index (χ2v) is 11.7. The molecular formula is C34H44N6O3. The lowest BCUT2D eigenvalue weighted by molar-refractivity contribution is -0.148. The molecule has 3 aromatic rings. The van der Waals surface area contributed by atoms with E-state index in [4.69, 9.17) is 11.5 Å².